The van der Waals surface area contributed by atoms with Gasteiger partial charge < -0.3 is 25.0 Å². The number of aliphatic hydroxyl groups is 1. The Morgan fingerprint density at radius 3 is 2.65 bits per heavy atom. The second-order valence-electron chi connectivity index (χ2n) is 9.66. The van der Waals surface area contributed by atoms with Crippen LogP contribution in [0.15, 0.2) is 46.8 Å². The highest BCUT2D eigenvalue weighted by Gasteiger charge is 2.34. The number of amides is 2. The van der Waals surface area contributed by atoms with Crippen molar-refractivity contribution in [2.45, 2.75) is 32.2 Å². The fraction of sp³-hybridized carbons (Fsp3) is 0.321. The number of pyridine rings is 2. The van der Waals surface area contributed by atoms with Gasteiger partial charge >= 0.3 is 18.2 Å². The highest BCUT2D eigenvalue weighted by Crippen LogP contribution is 2.39. The van der Waals surface area contributed by atoms with Crippen LogP contribution in [-0.4, -0.2) is 64.0 Å². The standard InChI is InChI=1S/C28H27F3N6O5S/c1-3-33-27(41)36-23-8-15(25-35-22(13-43-25)28(29,30)31)17(9-34-23)14-5-6-19-16(7-14)24(39)18(26(40)42-4-2)12-37(19)20-10-32-11-21(20)38/h5-9,12-13,20-21,32,38H,3-4,10-11H2,1-2H3,(H2,33,34,36,41)/t20-,21-/m0/s1. The molecule has 2 amide bonds. The highest BCUT2D eigenvalue weighted by atomic mass is 32.1. The third-order valence-electron chi connectivity index (χ3n) is 6.85. The number of carbonyl (C=O) groups is 2. The molecule has 1 aliphatic heterocycles. The van der Waals surface area contributed by atoms with E-state index >= 15 is 0 Å². The van der Waals surface area contributed by atoms with Crippen molar-refractivity contribution in [3.8, 4) is 21.7 Å². The molecule has 0 unspecified atom stereocenters. The number of nitrogens with zero attached hydrogens (tertiary/aromatic N) is 3. The number of β-amino-alcohol motifs (C(OH)–C–C–N with tert-alkyl or cyclic N) is 1. The van der Waals surface area contributed by atoms with Gasteiger partial charge in [0.15, 0.2) is 5.69 Å². The molecule has 0 saturated carbocycles. The van der Waals surface area contributed by atoms with Gasteiger partial charge in [-0.15, -0.1) is 11.3 Å². The molecule has 0 bridgehead atoms. The van der Waals surface area contributed by atoms with E-state index in [1.165, 1.54) is 24.5 Å². The average molecular weight is 617 g/mol. The van der Waals surface area contributed by atoms with E-state index in [1.807, 2.05) is 0 Å². The molecule has 1 saturated heterocycles. The summed E-state index contributed by atoms with van der Waals surface area (Å²) in [4.78, 5) is 46.5. The molecule has 5 rings (SSSR count). The van der Waals surface area contributed by atoms with Gasteiger partial charge in [-0.05, 0) is 37.6 Å². The normalized spacial score (nSPS) is 16.8. The molecule has 0 aliphatic carbocycles. The number of carbonyl (C=O) groups excluding carboxylic acids is 2. The van der Waals surface area contributed by atoms with E-state index in [4.69, 9.17) is 4.74 Å². The van der Waals surface area contributed by atoms with Gasteiger partial charge in [0.05, 0.1) is 24.3 Å². The lowest BCUT2D eigenvalue weighted by Gasteiger charge is -2.22. The van der Waals surface area contributed by atoms with E-state index in [0.29, 0.717) is 36.3 Å². The van der Waals surface area contributed by atoms with Crippen molar-refractivity contribution < 1.29 is 32.6 Å². The van der Waals surface area contributed by atoms with Crippen LogP contribution in [0.25, 0.3) is 32.6 Å². The second-order valence-corrected chi connectivity index (χ2v) is 10.5. The zero-order valence-electron chi connectivity index (χ0n) is 23.0. The lowest BCUT2D eigenvalue weighted by atomic mass is 9.99. The van der Waals surface area contributed by atoms with Crippen LogP contribution in [0, 0.1) is 0 Å². The minimum absolute atomic E-state index is 0.0154. The predicted octanol–water partition coefficient (Wildman–Crippen LogP) is 4.03. The molecule has 226 valence electrons. The summed E-state index contributed by atoms with van der Waals surface area (Å²) < 4.78 is 47.0. The Balaban J connectivity index is 1.70. The summed E-state index contributed by atoms with van der Waals surface area (Å²) in [7, 11) is 0. The quantitative estimate of drug-likeness (QED) is 0.228. The molecule has 4 aromatic rings. The van der Waals surface area contributed by atoms with Crippen molar-refractivity contribution in [1.29, 1.82) is 0 Å². The van der Waals surface area contributed by atoms with Crippen molar-refractivity contribution in [2.75, 3.05) is 31.6 Å². The van der Waals surface area contributed by atoms with Crippen LogP contribution in [0.5, 0.6) is 0 Å². The number of alkyl halides is 3. The van der Waals surface area contributed by atoms with Gasteiger partial charge in [0, 0.05) is 53.9 Å². The summed E-state index contributed by atoms with van der Waals surface area (Å²) in [5, 5.41) is 19.8. The first-order valence-corrected chi connectivity index (χ1v) is 14.2. The SMILES string of the molecule is CCNC(=O)Nc1cc(-c2nc(C(F)(F)F)cs2)c(-c2ccc3c(c2)c(=O)c(C(=O)OCC)cn3[C@H]2CNC[C@@H]2O)cn1. The maximum atomic E-state index is 13.6. The van der Waals surface area contributed by atoms with E-state index in [-0.39, 0.29) is 33.9 Å². The van der Waals surface area contributed by atoms with Crippen molar-refractivity contribution in [1.82, 2.24) is 25.2 Å². The van der Waals surface area contributed by atoms with Gasteiger partial charge in [-0.3, -0.25) is 10.1 Å². The number of benzene rings is 1. The van der Waals surface area contributed by atoms with Crippen LogP contribution in [0.4, 0.5) is 23.8 Å². The molecule has 1 fully saturated rings. The minimum Gasteiger partial charge on any atom is -0.462 e. The summed E-state index contributed by atoms with van der Waals surface area (Å²) in [5.74, 6) is -0.747. The van der Waals surface area contributed by atoms with Crippen molar-refractivity contribution in [3.05, 3.63) is 63.5 Å². The topological polar surface area (TPSA) is 147 Å². The van der Waals surface area contributed by atoms with Gasteiger partial charge in [-0.25, -0.2) is 19.6 Å². The molecule has 1 aromatic carbocycles. The Bertz CT molecular complexity index is 1760. The number of hydrogen-bond acceptors (Lipinski definition) is 9. The Morgan fingerprint density at radius 1 is 1.21 bits per heavy atom. The number of aromatic nitrogens is 3. The smallest absolute Gasteiger partial charge is 0.434 e. The van der Waals surface area contributed by atoms with Crippen LogP contribution in [0.3, 0.4) is 0 Å². The molecule has 4 N–H and O–H groups in total. The average Bonchev–Trinajstić information content (AvgIpc) is 3.63. The number of rotatable bonds is 7. The van der Waals surface area contributed by atoms with Crippen LogP contribution in [0.2, 0.25) is 0 Å². The van der Waals surface area contributed by atoms with Crippen molar-refractivity contribution in [2.24, 2.45) is 0 Å². The fourth-order valence-corrected chi connectivity index (χ4v) is 5.72. The number of fused-ring (bicyclic) bond motifs is 1. The molecule has 4 heterocycles. The third-order valence-corrected chi connectivity index (χ3v) is 7.73. The van der Waals surface area contributed by atoms with Gasteiger partial charge in [0.2, 0.25) is 5.43 Å². The number of anilines is 1. The van der Waals surface area contributed by atoms with E-state index in [0.717, 1.165) is 16.7 Å². The van der Waals surface area contributed by atoms with Gasteiger partial charge in [-0.1, -0.05) is 6.07 Å². The summed E-state index contributed by atoms with van der Waals surface area (Å²) in [6.07, 6.45) is -2.70. The lowest BCUT2D eigenvalue weighted by molar-refractivity contribution is -0.140. The maximum absolute atomic E-state index is 13.6. The zero-order chi connectivity index (χ0) is 30.9. The summed E-state index contributed by atoms with van der Waals surface area (Å²) in [6, 6.07) is 5.19. The van der Waals surface area contributed by atoms with E-state index in [9.17, 15) is 32.7 Å². The Labute approximate surface area is 246 Å². The van der Waals surface area contributed by atoms with Crippen LogP contribution < -0.4 is 21.4 Å². The number of hydrogen-bond donors (Lipinski definition) is 4. The second kappa shape index (κ2) is 12.1. The number of aliphatic hydroxyl groups excluding tert-OH is 1. The summed E-state index contributed by atoms with van der Waals surface area (Å²) >= 11 is 0.765. The molecule has 0 spiro atoms. The molecule has 2 atom stereocenters. The number of nitrogens with one attached hydrogen (secondary N) is 3. The number of esters is 1. The molecule has 43 heavy (non-hydrogen) atoms. The molecule has 11 nitrogen and oxygen atoms in total. The maximum Gasteiger partial charge on any atom is 0.434 e. The largest absolute Gasteiger partial charge is 0.462 e. The van der Waals surface area contributed by atoms with Gasteiger partial charge in [-0.2, -0.15) is 13.2 Å². The Kier molecular flexibility index (Phi) is 8.48. The van der Waals surface area contributed by atoms with Crippen molar-refractivity contribution >= 4 is 40.1 Å². The van der Waals surface area contributed by atoms with Crippen LogP contribution in [-0.2, 0) is 10.9 Å². The number of halogens is 3. The Morgan fingerprint density at radius 2 is 2.00 bits per heavy atom. The molecule has 15 heteroatoms. The summed E-state index contributed by atoms with van der Waals surface area (Å²) in [5.41, 5.74) is -0.492. The summed E-state index contributed by atoms with van der Waals surface area (Å²) in [6.45, 7) is 4.44. The molecule has 1 aliphatic rings. The highest BCUT2D eigenvalue weighted by molar-refractivity contribution is 7.13. The van der Waals surface area contributed by atoms with Gasteiger partial charge in [0.1, 0.15) is 16.4 Å². The first-order chi connectivity index (χ1) is 20.5. The molecular formula is C28H27F3N6O5S. The predicted molar refractivity (Wildman–Crippen MR) is 154 cm³/mol. The zero-order valence-corrected chi connectivity index (χ0v) is 23.8. The fourth-order valence-electron chi connectivity index (χ4n) is 4.87. The number of urea groups is 1. The van der Waals surface area contributed by atoms with Crippen LogP contribution >= 0.6 is 11.3 Å². The van der Waals surface area contributed by atoms with Gasteiger partial charge in [0.25, 0.3) is 0 Å². The van der Waals surface area contributed by atoms with E-state index < -0.39 is 41.4 Å². The molecule has 0 radical (unpaired) electrons. The van der Waals surface area contributed by atoms with E-state index in [2.05, 4.69) is 25.9 Å². The first-order valence-electron chi connectivity index (χ1n) is 13.3. The molecule has 3 aromatic heterocycles. The number of thiazole rings is 1. The third kappa shape index (κ3) is 6.09. The van der Waals surface area contributed by atoms with E-state index in [1.54, 1.807) is 30.5 Å². The minimum atomic E-state index is -4.67. The number of ether oxygens (including phenoxy) is 1. The monoisotopic (exact) mass is 616 g/mol. The van der Waals surface area contributed by atoms with Crippen molar-refractivity contribution in [3.63, 3.8) is 0 Å². The Hall–Kier alpha value is -4.34. The first kappa shape index (κ1) is 30.1. The lowest BCUT2D eigenvalue weighted by Crippen LogP contribution is -2.28. The van der Waals surface area contributed by atoms with Crippen LogP contribution in [0.1, 0.15) is 35.9 Å². The molecular weight excluding hydrogens is 589 g/mol.